The van der Waals surface area contributed by atoms with Gasteiger partial charge in [-0.25, -0.2) is 0 Å². The van der Waals surface area contributed by atoms with Gasteiger partial charge in [-0.05, 0) is 70.6 Å². The number of halogens is 2. The molecule has 0 aromatic heterocycles. The Balaban J connectivity index is 1.66. The highest BCUT2D eigenvalue weighted by Gasteiger charge is 2.09. The number of hydrazine groups is 1. The monoisotopic (exact) mass is 545 g/mol. The molecule has 0 fully saturated rings. The fourth-order valence-corrected chi connectivity index (χ4v) is 3.24. The van der Waals surface area contributed by atoms with Gasteiger partial charge in [0.25, 0.3) is 11.8 Å². The normalized spacial score (nSPS) is 9.90. The zero-order valence-electron chi connectivity index (χ0n) is 15.2. The summed E-state index contributed by atoms with van der Waals surface area (Å²) in [6, 6.07) is 12.1. The van der Waals surface area contributed by atoms with Gasteiger partial charge in [0.2, 0.25) is 0 Å². The summed E-state index contributed by atoms with van der Waals surface area (Å²) < 4.78 is 17.3. The van der Waals surface area contributed by atoms with Crippen molar-refractivity contribution in [3.05, 3.63) is 51.4 Å². The fourth-order valence-electron chi connectivity index (χ4n) is 1.91. The van der Waals surface area contributed by atoms with E-state index in [0.29, 0.717) is 21.7 Å². The van der Waals surface area contributed by atoms with Crippen LogP contribution in [0.3, 0.4) is 0 Å². The van der Waals surface area contributed by atoms with Crippen molar-refractivity contribution < 1.29 is 23.8 Å². The second kappa shape index (κ2) is 11.6. The number of hydrogen-bond acceptors (Lipinski definition) is 6. The summed E-state index contributed by atoms with van der Waals surface area (Å²) in [5.41, 5.74) is 4.74. The quantitative estimate of drug-likeness (QED) is 0.363. The second-order valence-corrected chi connectivity index (χ2v) is 7.56. The van der Waals surface area contributed by atoms with Gasteiger partial charge in [-0.2, -0.15) is 0 Å². The van der Waals surface area contributed by atoms with Crippen LogP contribution in [0.5, 0.6) is 17.2 Å². The van der Waals surface area contributed by atoms with Crippen molar-refractivity contribution in [3.63, 3.8) is 0 Å². The Bertz CT molecular complexity index is 880. The first-order chi connectivity index (χ1) is 13.9. The van der Waals surface area contributed by atoms with E-state index in [0.717, 1.165) is 4.47 Å². The van der Waals surface area contributed by atoms with Crippen molar-refractivity contribution in [1.82, 2.24) is 16.2 Å². The summed E-state index contributed by atoms with van der Waals surface area (Å²) in [5.74, 6) is 0.730. The van der Waals surface area contributed by atoms with Crippen LogP contribution >= 0.6 is 44.1 Å². The summed E-state index contributed by atoms with van der Waals surface area (Å²) in [4.78, 5) is 23.7. The smallest absolute Gasteiger partial charge is 0.276 e. The Morgan fingerprint density at radius 2 is 1.59 bits per heavy atom. The molecule has 0 spiro atoms. The van der Waals surface area contributed by atoms with E-state index < -0.39 is 11.8 Å². The molecule has 0 radical (unpaired) electrons. The van der Waals surface area contributed by atoms with Crippen molar-refractivity contribution >= 4 is 61.0 Å². The summed E-state index contributed by atoms with van der Waals surface area (Å²) in [5, 5.41) is 2.31. The zero-order chi connectivity index (χ0) is 21.2. The van der Waals surface area contributed by atoms with Gasteiger partial charge in [0.1, 0.15) is 17.2 Å². The lowest BCUT2D eigenvalue weighted by Crippen LogP contribution is -2.50. The average molecular weight is 547 g/mol. The lowest BCUT2D eigenvalue weighted by atomic mass is 10.3. The molecule has 154 valence electrons. The number of benzene rings is 2. The number of carbonyl (C=O) groups excluding carboxylic acids is 2. The molecule has 0 saturated heterocycles. The molecule has 11 heteroatoms. The number of carbonyl (C=O) groups is 2. The largest absolute Gasteiger partial charge is 0.497 e. The van der Waals surface area contributed by atoms with Gasteiger partial charge in [-0.15, -0.1) is 0 Å². The first-order valence-corrected chi connectivity index (χ1v) is 10.1. The van der Waals surface area contributed by atoms with E-state index in [1.807, 2.05) is 0 Å². The van der Waals surface area contributed by atoms with Gasteiger partial charge in [-0.1, -0.05) is 15.9 Å². The number of amides is 2. The minimum atomic E-state index is -0.485. The third kappa shape index (κ3) is 8.26. The first-order valence-electron chi connectivity index (χ1n) is 8.10. The van der Waals surface area contributed by atoms with Crippen LogP contribution < -0.4 is 30.4 Å². The highest BCUT2D eigenvalue weighted by atomic mass is 79.9. The molecule has 2 rings (SSSR count). The molecule has 0 atom stereocenters. The molecule has 2 aromatic rings. The minimum Gasteiger partial charge on any atom is -0.497 e. The third-order valence-corrected chi connectivity index (χ3v) is 4.57. The van der Waals surface area contributed by atoms with Gasteiger partial charge in [-0.3, -0.25) is 25.8 Å². The Hall–Kier alpha value is -2.37. The highest BCUT2D eigenvalue weighted by molar-refractivity contribution is 9.11. The van der Waals surface area contributed by atoms with Gasteiger partial charge in [0.15, 0.2) is 18.3 Å². The molecule has 2 amide bonds. The molecule has 8 nitrogen and oxygen atoms in total. The maximum absolute atomic E-state index is 11.9. The summed E-state index contributed by atoms with van der Waals surface area (Å²) in [6.45, 7) is -0.493. The minimum absolute atomic E-state index is 0.0775. The second-order valence-electron chi connectivity index (χ2n) is 5.38. The molecule has 0 heterocycles. The maximum atomic E-state index is 11.9. The van der Waals surface area contributed by atoms with Crippen LogP contribution in [-0.4, -0.2) is 37.3 Å². The van der Waals surface area contributed by atoms with Crippen LogP contribution in [-0.2, 0) is 9.59 Å². The Labute approximate surface area is 189 Å². The fraction of sp³-hybridized carbons (Fsp3) is 0.167. The molecule has 3 N–H and O–H groups in total. The molecule has 0 aliphatic rings. The molecule has 0 bridgehead atoms. The Morgan fingerprint density at radius 3 is 2.24 bits per heavy atom. The molecule has 2 aromatic carbocycles. The number of hydrogen-bond donors (Lipinski definition) is 3. The van der Waals surface area contributed by atoms with Gasteiger partial charge >= 0.3 is 0 Å². The Kier molecular flexibility index (Phi) is 9.16. The summed E-state index contributed by atoms with van der Waals surface area (Å²) in [7, 11) is 1.56. The van der Waals surface area contributed by atoms with Crippen LogP contribution in [0.4, 0.5) is 0 Å². The van der Waals surface area contributed by atoms with Crippen LogP contribution in [0.1, 0.15) is 0 Å². The standard InChI is InChI=1S/C18H17Br2N3O5S/c1-26-12-3-5-13(6-4-12)27-10-17(25)22-23-18(29)21-16(24)9-28-15-7-2-11(19)8-14(15)20/h2-8H,9-10H2,1H3,(H,22,25)(H2,21,23,24,29). The number of nitrogens with one attached hydrogen (secondary N) is 3. The predicted molar refractivity (Wildman–Crippen MR) is 118 cm³/mol. The van der Waals surface area contributed by atoms with Crippen molar-refractivity contribution in [2.24, 2.45) is 0 Å². The molecule has 0 unspecified atom stereocenters. The predicted octanol–water partition coefficient (Wildman–Crippen LogP) is 2.70. The number of rotatable bonds is 7. The molecule has 0 aliphatic heterocycles. The van der Waals surface area contributed by atoms with E-state index in [2.05, 4.69) is 48.0 Å². The topological polar surface area (TPSA) is 97.9 Å². The molecule has 0 aliphatic carbocycles. The zero-order valence-corrected chi connectivity index (χ0v) is 19.1. The van der Waals surface area contributed by atoms with E-state index >= 15 is 0 Å². The summed E-state index contributed by atoms with van der Waals surface area (Å²) in [6.07, 6.45) is 0. The lowest BCUT2D eigenvalue weighted by Gasteiger charge is -2.12. The van der Waals surface area contributed by atoms with Crippen molar-refractivity contribution in [1.29, 1.82) is 0 Å². The van der Waals surface area contributed by atoms with Gasteiger partial charge in [0.05, 0.1) is 11.6 Å². The number of methoxy groups -OCH3 is 1. The third-order valence-electron chi connectivity index (χ3n) is 3.25. The van der Waals surface area contributed by atoms with Gasteiger partial charge in [0, 0.05) is 4.47 Å². The number of ether oxygens (including phenoxy) is 3. The van der Waals surface area contributed by atoms with Crippen LogP contribution in [0.15, 0.2) is 51.4 Å². The summed E-state index contributed by atoms with van der Waals surface area (Å²) >= 11 is 11.6. The van der Waals surface area contributed by atoms with Crippen molar-refractivity contribution in [2.75, 3.05) is 20.3 Å². The average Bonchev–Trinajstić information content (AvgIpc) is 2.70. The van der Waals surface area contributed by atoms with E-state index in [1.54, 1.807) is 49.6 Å². The SMILES string of the molecule is COc1ccc(OCC(=O)NNC(=S)NC(=O)COc2ccc(Br)cc2Br)cc1. The van der Waals surface area contributed by atoms with E-state index in [-0.39, 0.29) is 18.3 Å². The molecular weight excluding hydrogens is 530 g/mol. The highest BCUT2D eigenvalue weighted by Crippen LogP contribution is 2.28. The number of thiocarbonyl (C=S) groups is 1. The molecule has 0 saturated carbocycles. The van der Waals surface area contributed by atoms with E-state index in [1.165, 1.54) is 0 Å². The van der Waals surface area contributed by atoms with Crippen molar-refractivity contribution in [3.8, 4) is 17.2 Å². The maximum Gasteiger partial charge on any atom is 0.276 e. The Morgan fingerprint density at radius 1 is 0.931 bits per heavy atom. The first kappa shape index (κ1) is 22.9. The van der Waals surface area contributed by atoms with Crippen LogP contribution in [0.2, 0.25) is 0 Å². The molecule has 29 heavy (non-hydrogen) atoms. The van der Waals surface area contributed by atoms with Crippen LogP contribution in [0, 0.1) is 0 Å². The van der Waals surface area contributed by atoms with E-state index in [4.69, 9.17) is 26.4 Å². The van der Waals surface area contributed by atoms with Crippen LogP contribution in [0.25, 0.3) is 0 Å². The van der Waals surface area contributed by atoms with E-state index in [9.17, 15) is 9.59 Å². The lowest BCUT2D eigenvalue weighted by molar-refractivity contribution is -0.124. The molecular formula is C18H17Br2N3O5S. The van der Waals surface area contributed by atoms with Crippen molar-refractivity contribution in [2.45, 2.75) is 0 Å². The van der Waals surface area contributed by atoms with Gasteiger partial charge < -0.3 is 14.2 Å².